The number of rotatable bonds is 6. The van der Waals surface area contributed by atoms with Crippen molar-refractivity contribution < 1.29 is 14.3 Å². The van der Waals surface area contributed by atoms with Crippen LogP contribution in [0.1, 0.15) is 27.8 Å². The molecule has 8 heteroatoms. The largest absolute Gasteiger partial charge is 0.493 e. The number of amides is 1. The number of aryl methyl sites for hydroxylation is 2. The molecule has 3 aromatic carbocycles. The summed E-state index contributed by atoms with van der Waals surface area (Å²) < 4.78 is 14.9. The Hall–Kier alpha value is -3.97. The van der Waals surface area contributed by atoms with E-state index in [1.807, 2.05) is 68.4 Å². The number of carbonyl (C=O) groups is 1. The zero-order chi connectivity index (χ0) is 25.4. The number of aromatic nitrogens is 2. The van der Waals surface area contributed by atoms with Gasteiger partial charge < -0.3 is 14.8 Å². The highest BCUT2D eigenvalue weighted by Gasteiger charge is 2.31. The highest BCUT2D eigenvalue weighted by atomic mass is 35.5. The van der Waals surface area contributed by atoms with E-state index in [0.717, 1.165) is 22.3 Å². The first-order chi connectivity index (χ1) is 17.4. The maximum Gasteiger partial charge on any atom is 0.278 e. The molecule has 1 aliphatic rings. The Bertz CT molecular complexity index is 1540. The molecule has 36 heavy (non-hydrogen) atoms. The lowest BCUT2D eigenvalue weighted by Gasteiger charge is -2.21. The molecule has 0 saturated carbocycles. The number of para-hydroxylation sites is 1. The van der Waals surface area contributed by atoms with Crippen molar-refractivity contribution in [2.45, 2.75) is 33.4 Å². The van der Waals surface area contributed by atoms with Crippen LogP contribution in [-0.2, 0) is 24.3 Å². The van der Waals surface area contributed by atoms with E-state index in [1.165, 1.54) is 4.68 Å². The summed E-state index contributed by atoms with van der Waals surface area (Å²) in [7, 11) is 1.57. The number of fused-ring (bicyclic) bond motifs is 2. The van der Waals surface area contributed by atoms with Gasteiger partial charge in [-0.05, 0) is 43.2 Å². The zero-order valence-corrected chi connectivity index (χ0v) is 21.1. The molecule has 1 aliphatic heterocycles. The summed E-state index contributed by atoms with van der Waals surface area (Å²) in [6.07, 6.45) is 0.375. The molecular formula is C28H26ClN3O4. The van der Waals surface area contributed by atoms with Gasteiger partial charge in [-0.15, -0.1) is 0 Å². The fourth-order valence-electron chi connectivity index (χ4n) is 4.56. The van der Waals surface area contributed by atoms with Gasteiger partial charge in [0.1, 0.15) is 6.54 Å². The second-order valence-electron chi connectivity index (χ2n) is 8.84. The molecule has 4 aromatic rings. The van der Waals surface area contributed by atoms with E-state index in [0.29, 0.717) is 40.1 Å². The molecule has 1 N–H and O–H groups in total. The summed E-state index contributed by atoms with van der Waals surface area (Å²) in [6.45, 7) is 4.10. The minimum Gasteiger partial charge on any atom is -0.493 e. The molecule has 2 heterocycles. The number of halogens is 1. The maximum absolute atomic E-state index is 13.7. The van der Waals surface area contributed by atoms with Crippen LogP contribution in [0.15, 0.2) is 65.5 Å². The first-order valence-electron chi connectivity index (χ1n) is 11.6. The smallest absolute Gasteiger partial charge is 0.278 e. The Kier molecular flexibility index (Phi) is 6.33. The minimum atomic E-state index is -0.277. The van der Waals surface area contributed by atoms with Crippen LogP contribution >= 0.6 is 11.6 Å². The van der Waals surface area contributed by atoms with Crippen molar-refractivity contribution in [3.8, 4) is 23.1 Å². The lowest BCUT2D eigenvalue weighted by molar-refractivity contribution is -0.122. The SMILES string of the molecule is COc1cccc2c1Oc1c(c(=O)n(-c3ccc(C)cc3C)n1CC(=O)NCc1ccccc1Cl)C2. The molecular weight excluding hydrogens is 478 g/mol. The molecule has 5 rings (SSSR count). The molecule has 1 amide bonds. The fourth-order valence-corrected chi connectivity index (χ4v) is 4.76. The zero-order valence-electron chi connectivity index (χ0n) is 20.3. The number of hydrogen-bond acceptors (Lipinski definition) is 4. The number of benzene rings is 3. The molecule has 0 unspecified atom stereocenters. The van der Waals surface area contributed by atoms with E-state index >= 15 is 0 Å². The van der Waals surface area contributed by atoms with Gasteiger partial charge in [0, 0.05) is 23.6 Å². The third kappa shape index (κ3) is 4.27. The molecule has 184 valence electrons. The molecule has 0 fully saturated rings. The number of nitrogens with one attached hydrogen (secondary N) is 1. The van der Waals surface area contributed by atoms with E-state index < -0.39 is 0 Å². The van der Waals surface area contributed by atoms with Gasteiger partial charge in [-0.3, -0.25) is 9.59 Å². The van der Waals surface area contributed by atoms with Gasteiger partial charge in [-0.25, -0.2) is 9.36 Å². The molecule has 0 atom stereocenters. The molecule has 0 bridgehead atoms. The van der Waals surface area contributed by atoms with Crippen LogP contribution in [0.5, 0.6) is 17.4 Å². The van der Waals surface area contributed by atoms with Gasteiger partial charge in [-0.2, -0.15) is 0 Å². The first-order valence-corrected chi connectivity index (χ1v) is 12.0. The van der Waals surface area contributed by atoms with Gasteiger partial charge in [0.15, 0.2) is 11.5 Å². The maximum atomic E-state index is 13.7. The third-order valence-corrected chi connectivity index (χ3v) is 6.71. The topological polar surface area (TPSA) is 74.5 Å². The van der Waals surface area contributed by atoms with Crippen LogP contribution in [0.3, 0.4) is 0 Å². The average molecular weight is 504 g/mol. The van der Waals surface area contributed by atoms with Gasteiger partial charge in [0.25, 0.3) is 5.56 Å². The number of nitrogens with zero attached hydrogens (tertiary/aromatic N) is 2. The third-order valence-electron chi connectivity index (χ3n) is 6.34. The second kappa shape index (κ2) is 9.59. The highest BCUT2D eigenvalue weighted by Crippen LogP contribution is 2.41. The Morgan fingerprint density at radius 2 is 1.92 bits per heavy atom. The van der Waals surface area contributed by atoms with E-state index in [1.54, 1.807) is 17.9 Å². The molecule has 0 radical (unpaired) electrons. The standard InChI is InChI=1S/C28H26ClN3O4/c1-17-11-12-23(18(2)13-17)32-27(34)21-14-19-8-6-10-24(35-3)26(19)36-28(21)31(32)16-25(33)30-15-20-7-4-5-9-22(20)29/h4-13H,14-16H2,1-3H3,(H,30,33). The lowest BCUT2D eigenvalue weighted by Crippen LogP contribution is -2.31. The molecule has 0 aliphatic carbocycles. The Labute approximate surface area is 213 Å². The Morgan fingerprint density at radius 1 is 1.11 bits per heavy atom. The predicted octanol–water partition coefficient (Wildman–Crippen LogP) is 4.93. The van der Waals surface area contributed by atoms with Crippen molar-refractivity contribution in [1.82, 2.24) is 14.7 Å². The van der Waals surface area contributed by atoms with Crippen molar-refractivity contribution in [1.29, 1.82) is 0 Å². The molecule has 0 saturated heterocycles. The van der Waals surface area contributed by atoms with E-state index in [-0.39, 0.29) is 24.6 Å². The monoisotopic (exact) mass is 503 g/mol. The molecule has 0 spiro atoms. The van der Waals surface area contributed by atoms with Gasteiger partial charge in [0.2, 0.25) is 11.8 Å². The lowest BCUT2D eigenvalue weighted by atomic mass is 10.0. The van der Waals surface area contributed by atoms with Crippen LogP contribution in [-0.4, -0.2) is 22.4 Å². The number of methoxy groups -OCH3 is 1. The van der Waals surface area contributed by atoms with Crippen LogP contribution in [0.25, 0.3) is 5.69 Å². The number of ether oxygens (including phenoxy) is 2. The average Bonchev–Trinajstić information content (AvgIpc) is 3.12. The van der Waals surface area contributed by atoms with E-state index in [2.05, 4.69) is 5.32 Å². The van der Waals surface area contributed by atoms with Crippen molar-refractivity contribution in [3.63, 3.8) is 0 Å². The molecule has 1 aromatic heterocycles. The van der Waals surface area contributed by atoms with Gasteiger partial charge in [-0.1, -0.05) is 59.6 Å². The summed E-state index contributed by atoms with van der Waals surface area (Å²) in [5.41, 5.74) is 4.63. The number of carbonyl (C=O) groups excluding carboxylic acids is 1. The van der Waals surface area contributed by atoms with Gasteiger partial charge >= 0.3 is 0 Å². The van der Waals surface area contributed by atoms with Crippen molar-refractivity contribution in [3.05, 3.63) is 104 Å². The van der Waals surface area contributed by atoms with Crippen molar-refractivity contribution >= 4 is 17.5 Å². The fraction of sp³-hybridized carbons (Fsp3) is 0.214. The summed E-state index contributed by atoms with van der Waals surface area (Å²) in [5, 5.41) is 3.49. The van der Waals surface area contributed by atoms with Gasteiger partial charge in [0.05, 0.1) is 18.4 Å². The summed E-state index contributed by atoms with van der Waals surface area (Å²) >= 11 is 6.24. The quantitative estimate of drug-likeness (QED) is 0.356. The summed E-state index contributed by atoms with van der Waals surface area (Å²) in [4.78, 5) is 26.8. The van der Waals surface area contributed by atoms with Crippen LogP contribution in [0.4, 0.5) is 0 Å². The normalized spacial score (nSPS) is 11.9. The van der Waals surface area contributed by atoms with Crippen LogP contribution in [0, 0.1) is 13.8 Å². The summed E-state index contributed by atoms with van der Waals surface area (Å²) in [6, 6.07) is 18.8. The van der Waals surface area contributed by atoms with E-state index in [9.17, 15) is 9.59 Å². The summed E-state index contributed by atoms with van der Waals surface area (Å²) in [5.74, 6) is 1.18. The second-order valence-corrected chi connectivity index (χ2v) is 9.25. The number of hydrogen-bond donors (Lipinski definition) is 1. The first kappa shape index (κ1) is 23.8. The van der Waals surface area contributed by atoms with Crippen molar-refractivity contribution in [2.75, 3.05) is 7.11 Å². The Balaban J connectivity index is 1.57. The predicted molar refractivity (Wildman–Crippen MR) is 139 cm³/mol. The molecule has 7 nitrogen and oxygen atoms in total. The van der Waals surface area contributed by atoms with Crippen LogP contribution in [0.2, 0.25) is 5.02 Å². The van der Waals surface area contributed by atoms with Crippen LogP contribution < -0.4 is 20.3 Å². The highest BCUT2D eigenvalue weighted by molar-refractivity contribution is 6.31. The Morgan fingerprint density at radius 3 is 2.67 bits per heavy atom. The van der Waals surface area contributed by atoms with Crippen molar-refractivity contribution in [2.24, 2.45) is 0 Å². The minimum absolute atomic E-state index is 0.118. The van der Waals surface area contributed by atoms with E-state index in [4.69, 9.17) is 21.1 Å².